The number of hydrogen-bond acceptors (Lipinski definition) is 3. The molecule has 4 heteroatoms. The Hall–Kier alpha value is -0.930. The van der Waals surface area contributed by atoms with E-state index in [1.165, 1.54) is 12.8 Å². The van der Waals surface area contributed by atoms with Crippen molar-refractivity contribution in [2.45, 2.75) is 25.3 Å². The second-order valence-corrected chi connectivity index (χ2v) is 4.67. The Kier molecular flexibility index (Phi) is 4.13. The monoisotopic (exact) mass is 255 g/mol. The lowest BCUT2D eigenvalue weighted by Gasteiger charge is -2.17. The average Bonchev–Trinajstić information content (AvgIpc) is 2.84. The minimum atomic E-state index is 0.494. The molecule has 0 aliphatic carbocycles. The van der Waals surface area contributed by atoms with Crippen molar-refractivity contribution in [1.29, 1.82) is 0 Å². The van der Waals surface area contributed by atoms with Crippen LogP contribution in [0.25, 0.3) is 0 Å². The summed E-state index contributed by atoms with van der Waals surface area (Å²) >= 11 is 6.25. The maximum absolute atomic E-state index is 6.25. The number of benzene rings is 1. The fourth-order valence-corrected chi connectivity index (χ4v) is 2.56. The molecule has 0 saturated carbocycles. The van der Waals surface area contributed by atoms with Crippen molar-refractivity contribution in [2.24, 2.45) is 0 Å². The maximum atomic E-state index is 6.25. The number of ether oxygens (including phenoxy) is 2. The highest BCUT2D eigenvalue weighted by molar-refractivity contribution is 6.31. The van der Waals surface area contributed by atoms with Gasteiger partial charge in [-0.2, -0.15) is 0 Å². The summed E-state index contributed by atoms with van der Waals surface area (Å²) in [6, 6.07) is 4.20. The average molecular weight is 256 g/mol. The van der Waals surface area contributed by atoms with Gasteiger partial charge in [0.1, 0.15) is 0 Å². The van der Waals surface area contributed by atoms with Crippen LogP contribution in [-0.4, -0.2) is 26.8 Å². The molecule has 1 atom stereocenters. The third-order valence-corrected chi connectivity index (χ3v) is 3.56. The Bertz CT molecular complexity index is 389. The van der Waals surface area contributed by atoms with Crippen LogP contribution in [0.5, 0.6) is 11.5 Å². The summed E-state index contributed by atoms with van der Waals surface area (Å²) in [5, 5.41) is 4.21. The van der Waals surface area contributed by atoms with Crippen LogP contribution < -0.4 is 14.8 Å². The van der Waals surface area contributed by atoms with E-state index in [0.29, 0.717) is 6.04 Å². The fourth-order valence-electron chi connectivity index (χ4n) is 2.33. The quantitative estimate of drug-likeness (QED) is 0.897. The summed E-state index contributed by atoms with van der Waals surface area (Å²) in [7, 11) is 3.29. The van der Waals surface area contributed by atoms with Gasteiger partial charge in [-0.15, -0.1) is 0 Å². The van der Waals surface area contributed by atoms with Crippen LogP contribution in [0, 0.1) is 0 Å². The molecule has 1 saturated heterocycles. The van der Waals surface area contributed by atoms with E-state index in [9.17, 15) is 0 Å². The van der Waals surface area contributed by atoms with Gasteiger partial charge >= 0.3 is 0 Å². The van der Waals surface area contributed by atoms with Gasteiger partial charge in [-0.25, -0.2) is 0 Å². The summed E-state index contributed by atoms with van der Waals surface area (Å²) in [4.78, 5) is 0. The van der Waals surface area contributed by atoms with Crippen molar-refractivity contribution in [3.05, 3.63) is 22.7 Å². The molecular formula is C13H18ClNO2. The second-order valence-electron chi connectivity index (χ2n) is 4.26. The highest BCUT2D eigenvalue weighted by Gasteiger charge is 2.20. The smallest absolute Gasteiger partial charge is 0.165 e. The van der Waals surface area contributed by atoms with Gasteiger partial charge in [0.25, 0.3) is 0 Å². The van der Waals surface area contributed by atoms with Gasteiger partial charge in [0.2, 0.25) is 0 Å². The van der Waals surface area contributed by atoms with E-state index in [1.807, 2.05) is 12.1 Å². The van der Waals surface area contributed by atoms with Crippen LogP contribution in [0.15, 0.2) is 12.1 Å². The van der Waals surface area contributed by atoms with E-state index in [-0.39, 0.29) is 0 Å². The van der Waals surface area contributed by atoms with E-state index in [4.69, 9.17) is 21.1 Å². The minimum absolute atomic E-state index is 0.494. The lowest BCUT2D eigenvalue weighted by molar-refractivity contribution is 0.350. The van der Waals surface area contributed by atoms with Crippen LogP contribution >= 0.6 is 11.6 Å². The lowest BCUT2D eigenvalue weighted by Crippen LogP contribution is -2.24. The Morgan fingerprint density at radius 2 is 2.18 bits per heavy atom. The molecule has 94 valence electrons. The summed E-state index contributed by atoms with van der Waals surface area (Å²) in [5.41, 5.74) is 1.04. The molecule has 0 spiro atoms. The summed E-state index contributed by atoms with van der Waals surface area (Å²) in [5.74, 6) is 1.50. The van der Waals surface area contributed by atoms with Gasteiger partial charge in [0.05, 0.1) is 14.2 Å². The first kappa shape index (κ1) is 12.5. The number of methoxy groups -OCH3 is 2. The van der Waals surface area contributed by atoms with Gasteiger partial charge in [-0.3, -0.25) is 0 Å². The Balaban J connectivity index is 2.29. The van der Waals surface area contributed by atoms with Gasteiger partial charge in [-0.05, 0) is 37.9 Å². The molecule has 1 heterocycles. The molecular weight excluding hydrogens is 238 g/mol. The van der Waals surface area contributed by atoms with Gasteiger partial charge in [0.15, 0.2) is 11.5 Å². The number of rotatable bonds is 4. The molecule has 1 N–H and O–H groups in total. The summed E-state index contributed by atoms with van der Waals surface area (Å²) in [6.45, 7) is 1.09. The molecule has 1 fully saturated rings. The molecule has 0 bridgehead atoms. The number of hydrogen-bond donors (Lipinski definition) is 1. The second kappa shape index (κ2) is 5.61. The van der Waals surface area contributed by atoms with Crippen molar-refractivity contribution in [3.8, 4) is 11.5 Å². The van der Waals surface area contributed by atoms with Gasteiger partial charge in [-0.1, -0.05) is 11.6 Å². The van der Waals surface area contributed by atoms with Gasteiger partial charge < -0.3 is 14.8 Å². The van der Waals surface area contributed by atoms with Crippen molar-refractivity contribution >= 4 is 11.6 Å². The van der Waals surface area contributed by atoms with Crippen molar-refractivity contribution in [1.82, 2.24) is 5.32 Å². The van der Waals surface area contributed by atoms with E-state index in [2.05, 4.69) is 5.32 Å². The number of nitrogens with one attached hydrogen (secondary N) is 1. The highest BCUT2D eigenvalue weighted by Crippen LogP contribution is 2.37. The van der Waals surface area contributed by atoms with Gasteiger partial charge in [0, 0.05) is 16.6 Å². The molecule has 0 amide bonds. The normalized spacial score (nSPS) is 19.4. The van der Waals surface area contributed by atoms with Crippen molar-refractivity contribution < 1.29 is 9.47 Å². The first-order valence-electron chi connectivity index (χ1n) is 5.89. The maximum Gasteiger partial charge on any atom is 0.165 e. The van der Waals surface area contributed by atoms with Crippen LogP contribution in [-0.2, 0) is 6.42 Å². The molecule has 1 aliphatic rings. The van der Waals surface area contributed by atoms with E-state index >= 15 is 0 Å². The molecule has 2 rings (SSSR count). The molecule has 1 unspecified atom stereocenters. The predicted octanol–water partition coefficient (Wildman–Crippen LogP) is 2.65. The third-order valence-electron chi connectivity index (χ3n) is 3.20. The molecule has 1 aliphatic heterocycles. The zero-order chi connectivity index (χ0) is 12.3. The third kappa shape index (κ3) is 2.67. The van der Waals surface area contributed by atoms with Crippen LogP contribution in [0.3, 0.4) is 0 Å². The molecule has 0 radical (unpaired) electrons. The predicted molar refractivity (Wildman–Crippen MR) is 69.3 cm³/mol. The van der Waals surface area contributed by atoms with E-state index < -0.39 is 0 Å². The van der Waals surface area contributed by atoms with Crippen molar-refractivity contribution in [3.63, 3.8) is 0 Å². The standard InChI is InChI=1S/C13H18ClNO2/c1-16-12-6-5-11(14)10(13(12)17-2)8-9-4-3-7-15-9/h5-6,9,15H,3-4,7-8H2,1-2H3. The van der Waals surface area contributed by atoms with Crippen molar-refractivity contribution in [2.75, 3.05) is 20.8 Å². The largest absolute Gasteiger partial charge is 0.493 e. The SMILES string of the molecule is COc1ccc(Cl)c(CC2CCCN2)c1OC. The Morgan fingerprint density at radius 1 is 1.35 bits per heavy atom. The molecule has 1 aromatic rings. The fraction of sp³-hybridized carbons (Fsp3) is 0.538. The summed E-state index contributed by atoms with van der Waals surface area (Å²) in [6.07, 6.45) is 3.31. The molecule has 17 heavy (non-hydrogen) atoms. The Labute approximate surface area is 107 Å². The Morgan fingerprint density at radius 3 is 2.76 bits per heavy atom. The van der Waals surface area contributed by atoms with Crippen LogP contribution in [0.2, 0.25) is 5.02 Å². The summed E-state index contributed by atoms with van der Waals surface area (Å²) < 4.78 is 10.7. The number of halogens is 1. The van der Waals surface area contributed by atoms with E-state index in [0.717, 1.165) is 35.1 Å². The first-order chi connectivity index (χ1) is 8.26. The lowest BCUT2D eigenvalue weighted by atomic mass is 10.0. The molecule has 3 nitrogen and oxygen atoms in total. The van der Waals surface area contributed by atoms with Crippen LogP contribution in [0.4, 0.5) is 0 Å². The zero-order valence-corrected chi connectivity index (χ0v) is 11.0. The topological polar surface area (TPSA) is 30.5 Å². The minimum Gasteiger partial charge on any atom is -0.493 e. The molecule has 1 aromatic carbocycles. The van der Waals surface area contributed by atoms with E-state index in [1.54, 1.807) is 14.2 Å². The highest BCUT2D eigenvalue weighted by atomic mass is 35.5. The zero-order valence-electron chi connectivity index (χ0n) is 10.3. The molecule has 0 aromatic heterocycles. The van der Waals surface area contributed by atoms with Crippen LogP contribution in [0.1, 0.15) is 18.4 Å². The first-order valence-corrected chi connectivity index (χ1v) is 6.26.